The average molecular weight is 190 g/mol. The third kappa shape index (κ3) is 2.12. The highest BCUT2D eigenvalue weighted by atomic mass is 32.1. The maximum absolute atomic E-state index is 4.00. The Morgan fingerprint density at radius 3 is 2.62 bits per heavy atom. The molecule has 13 heavy (non-hydrogen) atoms. The number of aryl methyl sites for hydroxylation is 1. The zero-order chi connectivity index (χ0) is 9.10. The topological polar surface area (TPSA) is 25.8 Å². The standard InChI is InChI=1S/C10H10N2S/c1-8-2-4-9(5-3-8)6-10-12-11-7-13-10/h2-5,7H,6H2,1H3. The van der Waals surface area contributed by atoms with E-state index in [1.807, 2.05) is 0 Å². The van der Waals surface area contributed by atoms with E-state index in [2.05, 4.69) is 41.4 Å². The number of hydrogen-bond acceptors (Lipinski definition) is 3. The summed E-state index contributed by atoms with van der Waals surface area (Å²) in [6, 6.07) is 8.51. The van der Waals surface area contributed by atoms with E-state index in [-0.39, 0.29) is 0 Å². The van der Waals surface area contributed by atoms with Crippen LogP contribution in [0, 0.1) is 6.92 Å². The molecule has 1 aromatic carbocycles. The van der Waals surface area contributed by atoms with Crippen LogP contribution in [0.15, 0.2) is 29.8 Å². The first-order chi connectivity index (χ1) is 6.34. The Morgan fingerprint density at radius 2 is 2.00 bits per heavy atom. The van der Waals surface area contributed by atoms with Gasteiger partial charge in [0.15, 0.2) is 0 Å². The lowest BCUT2D eigenvalue weighted by Crippen LogP contribution is -1.87. The van der Waals surface area contributed by atoms with Crippen molar-refractivity contribution in [2.45, 2.75) is 13.3 Å². The molecule has 2 rings (SSSR count). The Hall–Kier alpha value is -1.22. The van der Waals surface area contributed by atoms with Crippen LogP contribution in [0.3, 0.4) is 0 Å². The third-order valence-corrected chi connectivity index (χ3v) is 2.58. The summed E-state index contributed by atoms with van der Waals surface area (Å²) in [5, 5.41) is 8.88. The van der Waals surface area contributed by atoms with Gasteiger partial charge in [-0.05, 0) is 12.5 Å². The average Bonchev–Trinajstić information content (AvgIpc) is 2.62. The summed E-state index contributed by atoms with van der Waals surface area (Å²) in [7, 11) is 0. The minimum Gasteiger partial charge on any atom is -0.147 e. The highest BCUT2D eigenvalue weighted by Crippen LogP contribution is 2.11. The van der Waals surface area contributed by atoms with Crippen molar-refractivity contribution >= 4 is 11.3 Å². The molecular formula is C10H10N2S. The second kappa shape index (κ2) is 3.66. The van der Waals surface area contributed by atoms with E-state index in [9.17, 15) is 0 Å². The molecule has 0 aliphatic carbocycles. The first kappa shape index (κ1) is 8.38. The van der Waals surface area contributed by atoms with Gasteiger partial charge < -0.3 is 0 Å². The van der Waals surface area contributed by atoms with Gasteiger partial charge in [-0.1, -0.05) is 29.8 Å². The highest BCUT2D eigenvalue weighted by molar-refractivity contribution is 7.09. The molecule has 0 N–H and O–H groups in total. The summed E-state index contributed by atoms with van der Waals surface area (Å²) in [5.74, 6) is 0. The van der Waals surface area contributed by atoms with Gasteiger partial charge in [-0.2, -0.15) is 0 Å². The van der Waals surface area contributed by atoms with Gasteiger partial charge in [0.25, 0.3) is 0 Å². The summed E-state index contributed by atoms with van der Waals surface area (Å²) in [5.41, 5.74) is 4.35. The quantitative estimate of drug-likeness (QED) is 0.727. The number of rotatable bonds is 2. The molecular weight excluding hydrogens is 180 g/mol. The van der Waals surface area contributed by atoms with Crippen LogP contribution in [-0.4, -0.2) is 10.2 Å². The molecule has 0 fully saturated rings. The van der Waals surface area contributed by atoms with E-state index in [4.69, 9.17) is 0 Å². The first-order valence-corrected chi connectivity index (χ1v) is 5.03. The highest BCUT2D eigenvalue weighted by Gasteiger charge is 1.98. The van der Waals surface area contributed by atoms with Crippen LogP contribution >= 0.6 is 11.3 Å². The van der Waals surface area contributed by atoms with E-state index in [1.54, 1.807) is 16.8 Å². The number of nitrogens with zero attached hydrogens (tertiary/aromatic N) is 2. The van der Waals surface area contributed by atoms with E-state index in [0.29, 0.717) is 0 Å². The Kier molecular flexibility index (Phi) is 2.36. The van der Waals surface area contributed by atoms with Crippen molar-refractivity contribution in [2.24, 2.45) is 0 Å². The van der Waals surface area contributed by atoms with Crippen molar-refractivity contribution in [2.75, 3.05) is 0 Å². The molecule has 0 aliphatic rings. The zero-order valence-electron chi connectivity index (χ0n) is 7.40. The van der Waals surface area contributed by atoms with E-state index in [1.165, 1.54) is 11.1 Å². The summed E-state index contributed by atoms with van der Waals surface area (Å²) >= 11 is 1.60. The van der Waals surface area contributed by atoms with Gasteiger partial charge in [-0.3, -0.25) is 0 Å². The molecule has 2 nitrogen and oxygen atoms in total. The monoisotopic (exact) mass is 190 g/mol. The number of hydrogen-bond donors (Lipinski definition) is 0. The van der Waals surface area contributed by atoms with Crippen LogP contribution in [-0.2, 0) is 6.42 Å². The Balaban J connectivity index is 2.15. The molecule has 66 valence electrons. The van der Waals surface area contributed by atoms with Crippen LogP contribution in [0.1, 0.15) is 16.1 Å². The van der Waals surface area contributed by atoms with Gasteiger partial charge in [0.05, 0.1) is 0 Å². The summed E-state index contributed by atoms with van der Waals surface area (Å²) in [6.45, 7) is 2.09. The van der Waals surface area contributed by atoms with Crippen molar-refractivity contribution in [3.63, 3.8) is 0 Å². The predicted octanol–water partition coefficient (Wildman–Crippen LogP) is 2.44. The fraction of sp³-hybridized carbons (Fsp3) is 0.200. The predicted molar refractivity (Wildman–Crippen MR) is 53.9 cm³/mol. The van der Waals surface area contributed by atoms with Gasteiger partial charge in [-0.25, -0.2) is 0 Å². The molecule has 1 heterocycles. The lowest BCUT2D eigenvalue weighted by molar-refractivity contribution is 1.00. The fourth-order valence-electron chi connectivity index (χ4n) is 1.15. The molecule has 0 spiro atoms. The van der Waals surface area contributed by atoms with Gasteiger partial charge in [0, 0.05) is 6.42 Å². The first-order valence-electron chi connectivity index (χ1n) is 4.15. The number of benzene rings is 1. The van der Waals surface area contributed by atoms with Crippen LogP contribution < -0.4 is 0 Å². The molecule has 0 aliphatic heterocycles. The minimum atomic E-state index is 0.894. The molecule has 0 bridgehead atoms. The number of aromatic nitrogens is 2. The van der Waals surface area contributed by atoms with Gasteiger partial charge in [0.2, 0.25) is 0 Å². The maximum atomic E-state index is 4.00. The minimum absolute atomic E-state index is 0.894. The molecule has 3 heteroatoms. The van der Waals surface area contributed by atoms with Crippen molar-refractivity contribution in [1.29, 1.82) is 0 Å². The molecule has 0 amide bonds. The lowest BCUT2D eigenvalue weighted by Gasteiger charge is -1.97. The molecule has 0 radical (unpaired) electrons. The Labute approximate surface area is 81.3 Å². The van der Waals surface area contributed by atoms with Crippen LogP contribution in [0.25, 0.3) is 0 Å². The Bertz CT molecular complexity index is 364. The SMILES string of the molecule is Cc1ccc(Cc2nncs2)cc1. The summed E-state index contributed by atoms with van der Waals surface area (Å²) in [6.07, 6.45) is 0.894. The van der Waals surface area contributed by atoms with Crippen molar-refractivity contribution < 1.29 is 0 Å². The second-order valence-corrected chi connectivity index (χ2v) is 3.91. The molecule has 0 atom stereocenters. The van der Waals surface area contributed by atoms with Crippen molar-refractivity contribution in [3.05, 3.63) is 45.9 Å². The second-order valence-electron chi connectivity index (χ2n) is 2.99. The lowest BCUT2D eigenvalue weighted by atomic mass is 10.1. The van der Waals surface area contributed by atoms with Crippen LogP contribution in [0.2, 0.25) is 0 Å². The van der Waals surface area contributed by atoms with E-state index >= 15 is 0 Å². The van der Waals surface area contributed by atoms with Crippen molar-refractivity contribution in [1.82, 2.24) is 10.2 Å². The van der Waals surface area contributed by atoms with Gasteiger partial charge >= 0.3 is 0 Å². The van der Waals surface area contributed by atoms with Gasteiger partial charge in [0.1, 0.15) is 10.5 Å². The van der Waals surface area contributed by atoms with E-state index < -0.39 is 0 Å². The van der Waals surface area contributed by atoms with Crippen LogP contribution in [0.5, 0.6) is 0 Å². The molecule has 0 unspecified atom stereocenters. The fourth-order valence-corrected chi connectivity index (χ4v) is 1.71. The smallest absolute Gasteiger partial charge is 0.121 e. The third-order valence-electron chi connectivity index (χ3n) is 1.88. The molecule has 0 saturated carbocycles. The Morgan fingerprint density at radius 1 is 1.23 bits per heavy atom. The van der Waals surface area contributed by atoms with Crippen molar-refractivity contribution in [3.8, 4) is 0 Å². The van der Waals surface area contributed by atoms with E-state index in [0.717, 1.165) is 11.4 Å². The maximum Gasteiger partial charge on any atom is 0.121 e. The molecule has 1 aromatic heterocycles. The molecule has 0 saturated heterocycles. The van der Waals surface area contributed by atoms with Gasteiger partial charge in [-0.15, -0.1) is 21.5 Å². The van der Waals surface area contributed by atoms with Crippen LogP contribution in [0.4, 0.5) is 0 Å². The summed E-state index contributed by atoms with van der Waals surface area (Å²) < 4.78 is 0. The summed E-state index contributed by atoms with van der Waals surface area (Å²) in [4.78, 5) is 0. The molecule has 2 aromatic rings. The zero-order valence-corrected chi connectivity index (χ0v) is 8.21. The normalized spacial score (nSPS) is 10.2. The largest absolute Gasteiger partial charge is 0.147 e.